The van der Waals surface area contributed by atoms with Gasteiger partial charge in [-0.3, -0.25) is 9.59 Å². The number of hydrogen-bond donors (Lipinski definition) is 2. The molecule has 27 heavy (non-hydrogen) atoms. The SMILES string of the molecule is CC1(C(=O)Nc2ccccc2-c2ccccc2)Oc2ccccc2NC1=O. The molecular formula is C22H18N2O3. The molecule has 5 nitrogen and oxygen atoms in total. The number of ether oxygens (including phenoxy) is 1. The Morgan fingerprint density at radius 3 is 2.41 bits per heavy atom. The number of rotatable bonds is 3. The van der Waals surface area contributed by atoms with Gasteiger partial charge in [0.1, 0.15) is 5.75 Å². The molecule has 0 spiro atoms. The Bertz CT molecular complexity index is 1020. The lowest BCUT2D eigenvalue weighted by atomic mass is 10.00. The zero-order valence-corrected chi connectivity index (χ0v) is 14.7. The molecule has 0 aliphatic carbocycles. The summed E-state index contributed by atoms with van der Waals surface area (Å²) >= 11 is 0. The number of amides is 2. The fraction of sp³-hybridized carbons (Fsp3) is 0.0909. The van der Waals surface area contributed by atoms with E-state index in [1.807, 2.05) is 48.5 Å². The molecule has 1 aliphatic heterocycles. The van der Waals surface area contributed by atoms with Gasteiger partial charge in [-0.25, -0.2) is 0 Å². The number of para-hydroxylation sites is 3. The van der Waals surface area contributed by atoms with Crippen molar-refractivity contribution in [3.8, 4) is 16.9 Å². The quantitative estimate of drug-likeness (QED) is 0.693. The van der Waals surface area contributed by atoms with Crippen molar-refractivity contribution in [2.75, 3.05) is 10.6 Å². The van der Waals surface area contributed by atoms with Crippen molar-refractivity contribution in [2.45, 2.75) is 12.5 Å². The molecule has 0 radical (unpaired) electrons. The Kier molecular flexibility index (Phi) is 4.12. The molecule has 2 amide bonds. The maximum absolute atomic E-state index is 13.0. The second-order valence-corrected chi connectivity index (χ2v) is 6.45. The van der Waals surface area contributed by atoms with Crippen molar-refractivity contribution < 1.29 is 14.3 Å². The first-order valence-corrected chi connectivity index (χ1v) is 8.63. The Morgan fingerprint density at radius 1 is 0.926 bits per heavy atom. The van der Waals surface area contributed by atoms with Gasteiger partial charge in [0, 0.05) is 11.3 Å². The summed E-state index contributed by atoms with van der Waals surface area (Å²) in [7, 11) is 0. The van der Waals surface area contributed by atoms with Gasteiger partial charge in [0.2, 0.25) is 0 Å². The molecule has 3 aromatic rings. The highest BCUT2D eigenvalue weighted by molar-refractivity contribution is 6.19. The maximum atomic E-state index is 13.0. The number of anilines is 2. The van der Waals surface area contributed by atoms with Crippen LogP contribution in [0.4, 0.5) is 11.4 Å². The van der Waals surface area contributed by atoms with Crippen LogP contribution in [0, 0.1) is 0 Å². The van der Waals surface area contributed by atoms with E-state index in [4.69, 9.17) is 4.74 Å². The van der Waals surface area contributed by atoms with E-state index in [0.717, 1.165) is 11.1 Å². The molecule has 0 saturated heterocycles. The topological polar surface area (TPSA) is 67.4 Å². The third-order valence-corrected chi connectivity index (χ3v) is 4.58. The lowest BCUT2D eigenvalue weighted by molar-refractivity contribution is -0.143. The number of fused-ring (bicyclic) bond motifs is 1. The predicted octanol–water partition coefficient (Wildman–Crippen LogP) is 4.08. The van der Waals surface area contributed by atoms with E-state index in [1.165, 1.54) is 6.92 Å². The molecule has 1 atom stereocenters. The van der Waals surface area contributed by atoms with Gasteiger partial charge in [-0.15, -0.1) is 0 Å². The second-order valence-electron chi connectivity index (χ2n) is 6.45. The highest BCUT2D eigenvalue weighted by atomic mass is 16.5. The smallest absolute Gasteiger partial charge is 0.278 e. The van der Waals surface area contributed by atoms with E-state index in [9.17, 15) is 9.59 Å². The average molecular weight is 358 g/mol. The Labute approximate surface area is 157 Å². The van der Waals surface area contributed by atoms with Gasteiger partial charge >= 0.3 is 0 Å². The summed E-state index contributed by atoms with van der Waals surface area (Å²) in [5.74, 6) is -0.570. The van der Waals surface area contributed by atoms with Gasteiger partial charge in [0.25, 0.3) is 17.4 Å². The summed E-state index contributed by atoms with van der Waals surface area (Å²) in [5.41, 5.74) is 1.34. The molecule has 0 aromatic heterocycles. The van der Waals surface area contributed by atoms with E-state index >= 15 is 0 Å². The van der Waals surface area contributed by atoms with Crippen molar-refractivity contribution in [3.63, 3.8) is 0 Å². The van der Waals surface area contributed by atoms with Crippen molar-refractivity contribution in [3.05, 3.63) is 78.9 Å². The summed E-state index contributed by atoms with van der Waals surface area (Å²) < 4.78 is 5.79. The molecular weight excluding hydrogens is 340 g/mol. The summed E-state index contributed by atoms with van der Waals surface area (Å²) in [5, 5.41) is 5.59. The summed E-state index contributed by atoms with van der Waals surface area (Å²) in [6.07, 6.45) is 0. The first kappa shape index (κ1) is 16.8. The third kappa shape index (κ3) is 3.04. The second kappa shape index (κ2) is 6.61. The van der Waals surface area contributed by atoms with Crippen LogP contribution >= 0.6 is 0 Å². The lowest BCUT2D eigenvalue weighted by Crippen LogP contribution is -2.56. The van der Waals surface area contributed by atoms with Gasteiger partial charge < -0.3 is 15.4 Å². The highest BCUT2D eigenvalue weighted by Crippen LogP contribution is 2.35. The van der Waals surface area contributed by atoms with Crippen molar-refractivity contribution in [1.82, 2.24) is 0 Å². The number of benzene rings is 3. The van der Waals surface area contributed by atoms with E-state index in [-0.39, 0.29) is 0 Å². The predicted molar refractivity (Wildman–Crippen MR) is 105 cm³/mol. The van der Waals surface area contributed by atoms with E-state index < -0.39 is 17.4 Å². The zero-order chi connectivity index (χ0) is 18.9. The molecule has 0 fully saturated rings. The zero-order valence-electron chi connectivity index (χ0n) is 14.7. The minimum atomic E-state index is -1.67. The van der Waals surface area contributed by atoms with E-state index in [0.29, 0.717) is 17.1 Å². The number of carbonyl (C=O) groups is 2. The van der Waals surface area contributed by atoms with Crippen LogP contribution in [0.15, 0.2) is 78.9 Å². The van der Waals surface area contributed by atoms with Crippen LogP contribution in [0.5, 0.6) is 5.75 Å². The largest absolute Gasteiger partial charge is 0.466 e. The van der Waals surface area contributed by atoms with Crippen LogP contribution in [0.3, 0.4) is 0 Å². The molecule has 0 saturated carbocycles. The number of nitrogens with one attached hydrogen (secondary N) is 2. The standard InChI is InChI=1S/C22H18N2O3/c1-22(21(26)24-18-13-7-8-14-19(18)27-22)20(25)23-17-12-6-5-11-16(17)15-9-3-2-4-10-15/h2-14H,1H3,(H,23,25)(H,24,26). The van der Waals surface area contributed by atoms with Crippen LogP contribution in [0.1, 0.15) is 6.92 Å². The normalized spacial score (nSPS) is 18.0. The van der Waals surface area contributed by atoms with E-state index in [2.05, 4.69) is 10.6 Å². The first-order chi connectivity index (χ1) is 13.1. The fourth-order valence-electron chi connectivity index (χ4n) is 3.02. The Morgan fingerprint density at radius 2 is 1.59 bits per heavy atom. The third-order valence-electron chi connectivity index (χ3n) is 4.58. The summed E-state index contributed by atoms with van der Waals surface area (Å²) in [6, 6.07) is 24.2. The molecule has 2 N–H and O–H groups in total. The average Bonchev–Trinajstić information content (AvgIpc) is 2.70. The number of hydrogen-bond acceptors (Lipinski definition) is 3. The summed E-state index contributed by atoms with van der Waals surface area (Å²) in [6.45, 7) is 1.47. The molecule has 1 heterocycles. The monoisotopic (exact) mass is 358 g/mol. The minimum Gasteiger partial charge on any atom is -0.466 e. The lowest BCUT2D eigenvalue weighted by Gasteiger charge is -2.33. The molecule has 3 aromatic carbocycles. The van der Waals surface area contributed by atoms with Crippen LogP contribution in [-0.4, -0.2) is 17.4 Å². The van der Waals surface area contributed by atoms with Crippen LogP contribution < -0.4 is 15.4 Å². The first-order valence-electron chi connectivity index (χ1n) is 8.63. The van der Waals surface area contributed by atoms with Gasteiger partial charge in [-0.1, -0.05) is 60.7 Å². The highest BCUT2D eigenvalue weighted by Gasteiger charge is 2.47. The van der Waals surface area contributed by atoms with Crippen LogP contribution in [0.25, 0.3) is 11.1 Å². The molecule has 5 heteroatoms. The molecule has 1 aliphatic rings. The van der Waals surface area contributed by atoms with Crippen molar-refractivity contribution >= 4 is 23.2 Å². The maximum Gasteiger partial charge on any atom is 0.278 e. The molecule has 1 unspecified atom stereocenters. The van der Waals surface area contributed by atoms with Gasteiger partial charge in [-0.2, -0.15) is 0 Å². The van der Waals surface area contributed by atoms with Crippen LogP contribution in [-0.2, 0) is 9.59 Å². The van der Waals surface area contributed by atoms with Crippen molar-refractivity contribution in [2.24, 2.45) is 0 Å². The number of carbonyl (C=O) groups excluding carboxylic acids is 2. The fourth-order valence-corrected chi connectivity index (χ4v) is 3.02. The van der Waals surface area contributed by atoms with E-state index in [1.54, 1.807) is 30.3 Å². The molecule has 4 rings (SSSR count). The van der Waals surface area contributed by atoms with Crippen molar-refractivity contribution in [1.29, 1.82) is 0 Å². The van der Waals surface area contributed by atoms with Gasteiger partial charge in [0.05, 0.1) is 5.69 Å². The minimum absolute atomic E-state index is 0.464. The Balaban J connectivity index is 1.65. The van der Waals surface area contributed by atoms with Gasteiger partial charge in [0.15, 0.2) is 0 Å². The van der Waals surface area contributed by atoms with Crippen LogP contribution in [0.2, 0.25) is 0 Å². The molecule has 0 bridgehead atoms. The summed E-state index contributed by atoms with van der Waals surface area (Å²) in [4.78, 5) is 25.6. The molecule has 134 valence electrons. The Hall–Kier alpha value is -3.60. The van der Waals surface area contributed by atoms with Gasteiger partial charge in [-0.05, 0) is 30.7 Å².